The Hall–Kier alpha value is -1.37. The predicted octanol–water partition coefficient (Wildman–Crippen LogP) is 4.36. The zero-order valence-corrected chi connectivity index (χ0v) is 19.5. The summed E-state index contributed by atoms with van der Waals surface area (Å²) in [6.07, 6.45) is 0.728. The van der Waals surface area contributed by atoms with Gasteiger partial charge in [0.2, 0.25) is 0 Å². The molecular formula is C22H35BO4Si. The third-order valence-electron chi connectivity index (χ3n) is 6.16. The zero-order chi connectivity index (χ0) is 21.2. The molecule has 0 N–H and O–H groups in total. The second kappa shape index (κ2) is 8.56. The Morgan fingerprint density at radius 2 is 1.68 bits per heavy atom. The van der Waals surface area contributed by atoms with E-state index in [4.69, 9.17) is 14.0 Å². The van der Waals surface area contributed by atoms with Gasteiger partial charge < -0.3 is 14.0 Å². The van der Waals surface area contributed by atoms with E-state index in [-0.39, 0.29) is 11.9 Å². The summed E-state index contributed by atoms with van der Waals surface area (Å²) in [5, 5.41) is 1.41. The molecule has 1 aliphatic heterocycles. The van der Waals surface area contributed by atoms with Gasteiger partial charge in [0.05, 0.1) is 25.9 Å². The van der Waals surface area contributed by atoms with Crippen molar-refractivity contribution in [2.45, 2.75) is 71.4 Å². The fourth-order valence-electron chi connectivity index (χ4n) is 3.57. The molecule has 0 unspecified atom stereocenters. The molecule has 1 saturated heterocycles. The van der Waals surface area contributed by atoms with E-state index >= 15 is 0 Å². The van der Waals surface area contributed by atoms with Crippen molar-refractivity contribution in [1.29, 1.82) is 0 Å². The van der Waals surface area contributed by atoms with Gasteiger partial charge in [-0.15, -0.1) is 6.58 Å². The number of allylic oxidation sites excluding steroid dienone is 1. The van der Waals surface area contributed by atoms with Crippen molar-refractivity contribution < 1.29 is 18.8 Å². The maximum absolute atomic E-state index is 11.2. The molecule has 0 amide bonds. The topological polar surface area (TPSA) is 44.8 Å². The monoisotopic (exact) mass is 402 g/mol. The van der Waals surface area contributed by atoms with Crippen molar-refractivity contribution in [1.82, 2.24) is 0 Å². The van der Waals surface area contributed by atoms with Gasteiger partial charge >= 0.3 is 13.1 Å². The van der Waals surface area contributed by atoms with Crippen LogP contribution >= 0.6 is 0 Å². The van der Waals surface area contributed by atoms with Crippen molar-refractivity contribution in [3.05, 3.63) is 42.4 Å². The third-order valence-corrected chi connectivity index (χ3v) is 9.57. The smallest absolute Gasteiger partial charge is 0.466 e. The van der Waals surface area contributed by atoms with E-state index < -0.39 is 26.4 Å². The van der Waals surface area contributed by atoms with Gasteiger partial charge in [-0.25, -0.2) is 0 Å². The Kier molecular flexibility index (Phi) is 7.00. The van der Waals surface area contributed by atoms with Crippen LogP contribution in [0.5, 0.6) is 0 Å². The highest BCUT2D eigenvalue weighted by molar-refractivity contribution is 6.89. The Labute approximate surface area is 171 Å². The molecule has 1 fully saturated rings. The molecule has 1 heterocycles. The van der Waals surface area contributed by atoms with Gasteiger partial charge in [0.15, 0.2) is 0 Å². The Morgan fingerprint density at radius 3 is 2.18 bits per heavy atom. The van der Waals surface area contributed by atoms with Crippen molar-refractivity contribution in [2.24, 2.45) is 5.92 Å². The fraction of sp³-hybridized carbons (Fsp3) is 0.591. The number of ether oxygens (including phenoxy) is 1. The molecular weight excluding hydrogens is 367 g/mol. The van der Waals surface area contributed by atoms with E-state index in [0.29, 0.717) is 6.61 Å². The van der Waals surface area contributed by atoms with Crippen LogP contribution in [0.25, 0.3) is 0 Å². The lowest BCUT2D eigenvalue weighted by molar-refractivity contribution is -0.141. The fourth-order valence-corrected chi connectivity index (χ4v) is 6.60. The van der Waals surface area contributed by atoms with E-state index in [9.17, 15) is 4.79 Å². The van der Waals surface area contributed by atoms with Gasteiger partial charge in [-0.1, -0.05) is 48.6 Å². The number of esters is 1. The van der Waals surface area contributed by atoms with E-state index in [1.165, 1.54) is 12.1 Å². The van der Waals surface area contributed by atoms with E-state index in [1.54, 1.807) is 0 Å². The first-order valence-electron chi connectivity index (χ1n) is 10.1. The first-order valence-corrected chi connectivity index (χ1v) is 13.3. The molecule has 0 radical (unpaired) electrons. The van der Waals surface area contributed by atoms with E-state index in [1.807, 2.05) is 0 Å². The molecule has 28 heavy (non-hydrogen) atoms. The van der Waals surface area contributed by atoms with Crippen molar-refractivity contribution in [3.8, 4) is 0 Å². The maximum Gasteiger partial charge on any atom is 0.490 e. The number of hydrogen-bond acceptors (Lipinski definition) is 4. The Morgan fingerprint density at radius 1 is 1.14 bits per heavy atom. The van der Waals surface area contributed by atoms with Gasteiger partial charge in [-0.05, 0) is 51.6 Å². The number of carbonyl (C=O) groups is 1. The minimum Gasteiger partial charge on any atom is -0.466 e. The molecule has 6 heteroatoms. The number of rotatable bonds is 8. The lowest BCUT2D eigenvalue weighted by Gasteiger charge is -2.32. The second-order valence-electron chi connectivity index (χ2n) is 9.44. The second-order valence-corrected chi connectivity index (χ2v) is 14.2. The molecule has 0 saturated carbocycles. The van der Waals surface area contributed by atoms with Gasteiger partial charge in [0.25, 0.3) is 0 Å². The summed E-state index contributed by atoms with van der Waals surface area (Å²) < 4.78 is 17.7. The molecule has 154 valence electrons. The minimum atomic E-state index is -1.72. The SMILES string of the molecule is C=C(B1OC(C)(C)C(C)(C)O1)[C@H](CCOC(C)=O)C[Si](C)(C)c1ccccc1. The highest BCUT2D eigenvalue weighted by Crippen LogP contribution is 2.41. The summed E-state index contributed by atoms with van der Waals surface area (Å²) >= 11 is 0. The first kappa shape index (κ1) is 22.9. The lowest BCUT2D eigenvalue weighted by Crippen LogP contribution is -2.44. The normalized spacial score (nSPS) is 19.3. The third kappa shape index (κ3) is 5.37. The molecule has 1 aliphatic rings. The lowest BCUT2D eigenvalue weighted by atomic mass is 9.71. The molecule has 1 aromatic rings. The summed E-state index contributed by atoms with van der Waals surface area (Å²) in [5.41, 5.74) is 0.156. The summed E-state index contributed by atoms with van der Waals surface area (Å²) in [6.45, 7) is 19.2. The van der Waals surface area contributed by atoms with Crippen LogP contribution in [0.15, 0.2) is 42.4 Å². The first-order chi connectivity index (χ1) is 12.9. The van der Waals surface area contributed by atoms with E-state index in [2.05, 4.69) is 77.7 Å². The Balaban J connectivity index is 2.19. The summed E-state index contributed by atoms with van der Waals surface area (Å²) in [7, 11) is -2.15. The summed E-state index contributed by atoms with van der Waals surface area (Å²) in [4.78, 5) is 11.2. The molecule has 0 spiro atoms. The molecule has 0 aromatic heterocycles. The van der Waals surface area contributed by atoms with Crippen LogP contribution in [0.3, 0.4) is 0 Å². The van der Waals surface area contributed by atoms with Gasteiger partial charge in [-0.2, -0.15) is 0 Å². The van der Waals surface area contributed by atoms with Crippen LogP contribution in [-0.4, -0.2) is 39.0 Å². The molecule has 0 bridgehead atoms. The quantitative estimate of drug-likeness (QED) is 0.479. The van der Waals surface area contributed by atoms with Crippen LogP contribution < -0.4 is 5.19 Å². The van der Waals surface area contributed by atoms with Crippen molar-refractivity contribution in [2.75, 3.05) is 6.61 Å². The van der Waals surface area contributed by atoms with Crippen LogP contribution in [-0.2, 0) is 18.8 Å². The molecule has 1 atom stereocenters. The molecule has 1 aromatic carbocycles. The molecule has 2 rings (SSSR count). The minimum absolute atomic E-state index is 0.163. The van der Waals surface area contributed by atoms with Gasteiger partial charge in [0.1, 0.15) is 0 Å². The van der Waals surface area contributed by atoms with Crippen molar-refractivity contribution in [3.63, 3.8) is 0 Å². The Bertz CT molecular complexity index is 684. The zero-order valence-electron chi connectivity index (χ0n) is 18.5. The van der Waals surface area contributed by atoms with Crippen LogP contribution in [0.1, 0.15) is 41.0 Å². The number of carbonyl (C=O) groups excluding carboxylic acids is 1. The molecule has 0 aliphatic carbocycles. The van der Waals surface area contributed by atoms with Crippen LogP contribution in [0.4, 0.5) is 0 Å². The predicted molar refractivity (Wildman–Crippen MR) is 118 cm³/mol. The van der Waals surface area contributed by atoms with Crippen LogP contribution in [0.2, 0.25) is 19.1 Å². The average molecular weight is 402 g/mol. The standard InChI is InChI=1S/C22H35BO4Si/c1-17(23-26-21(3,4)22(5,6)27-23)19(14-15-25-18(2)24)16-28(7,8)20-12-10-9-11-13-20/h9-13,19H,1,14-16H2,2-8H3/t19-/m1/s1. The highest BCUT2D eigenvalue weighted by atomic mass is 28.3. The summed E-state index contributed by atoms with van der Waals surface area (Å²) in [6, 6.07) is 11.7. The number of benzene rings is 1. The molecule has 4 nitrogen and oxygen atoms in total. The van der Waals surface area contributed by atoms with Gasteiger partial charge in [0, 0.05) is 6.92 Å². The van der Waals surface area contributed by atoms with Crippen LogP contribution in [0, 0.1) is 5.92 Å². The van der Waals surface area contributed by atoms with E-state index in [0.717, 1.165) is 17.9 Å². The van der Waals surface area contributed by atoms with Crippen molar-refractivity contribution >= 4 is 26.3 Å². The summed E-state index contributed by atoms with van der Waals surface area (Å²) in [5.74, 6) is -0.0875. The largest absolute Gasteiger partial charge is 0.490 e. The average Bonchev–Trinajstić information content (AvgIpc) is 2.81. The highest BCUT2D eigenvalue weighted by Gasteiger charge is 2.53. The number of hydrogen-bond donors (Lipinski definition) is 0. The van der Waals surface area contributed by atoms with Gasteiger partial charge in [-0.3, -0.25) is 4.79 Å². The maximum atomic E-state index is 11.2.